The summed E-state index contributed by atoms with van der Waals surface area (Å²) in [5.74, 6) is 1.54. The molecule has 0 saturated heterocycles. The molecule has 0 spiro atoms. The molecule has 0 amide bonds. The van der Waals surface area contributed by atoms with E-state index in [-0.39, 0.29) is 0 Å². The Bertz CT molecular complexity index is 303. The molecule has 2 atom stereocenters. The van der Waals surface area contributed by atoms with Crippen LogP contribution in [-0.4, -0.2) is 9.78 Å². The largest absolute Gasteiger partial charge is 0.384 e. The van der Waals surface area contributed by atoms with Gasteiger partial charge in [-0.2, -0.15) is 5.10 Å². The van der Waals surface area contributed by atoms with Crippen molar-refractivity contribution < 1.29 is 0 Å². The highest BCUT2D eigenvalue weighted by molar-refractivity contribution is 5.31. The van der Waals surface area contributed by atoms with E-state index in [1.807, 2.05) is 17.7 Å². The van der Waals surface area contributed by atoms with Gasteiger partial charge in [-0.15, -0.1) is 0 Å². The second kappa shape index (κ2) is 3.05. The molecule has 3 heteroatoms. The van der Waals surface area contributed by atoms with Gasteiger partial charge >= 0.3 is 0 Å². The zero-order chi connectivity index (χ0) is 9.42. The second-order valence-electron chi connectivity index (χ2n) is 4.13. The van der Waals surface area contributed by atoms with Crippen molar-refractivity contribution in [1.29, 1.82) is 0 Å². The molecule has 1 aromatic rings. The number of rotatable bonds is 1. The Hall–Kier alpha value is -0.990. The van der Waals surface area contributed by atoms with Gasteiger partial charge in [-0.05, 0) is 25.7 Å². The zero-order valence-corrected chi connectivity index (χ0v) is 8.33. The van der Waals surface area contributed by atoms with Crippen molar-refractivity contribution in [2.45, 2.75) is 39.2 Å². The van der Waals surface area contributed by atoms with Crippen LogP contribution in [0.4, 0.5) is 5.82 Å². The second-order valence-corrected chi connectivity index (χ2v) is 4.13. The number of nitrogen functional groups attached to an aromatic ring is 1. The van der Waals surface area contributed by atoms with Crippen LogP contribution in [-0.2, 0) is 0 Å². The van der Waals surface area contributed by atoms with Crippen molar-refractivity contribution in [3.8, 4) is 0 Å². The quantitative estimate of drug-likeness (QED) is 0.717. The van der Waals surface area contributed by atoms with E-state index in [1.54, 1.807) is 0 Å². The van der Waals surface area contributed by atoms with Gasteiger partial charge in [0.05, 0.1) is 11.7 Å². The van der Waals surface area contributed by atoms with Crippen molar-refractivity contribution >= 4 is 5.82 Å². The Morgan fingerprint density at radius 2 is 2.31 bits per heavy atom. The van der Waals surface area contributed by atoms with Gasteiger partial charge < -0.3 is 5.73 Å². The lowest BCUT2D eigenvalue weighted by Gasteiger charge is -2.17. The van der Waals surface area contributed by atoms with Crippen molar-refractivity contribution in [3.63, 3.8) is 0 Å². The van der Waals surface area contributed by atoms with Crippen molar-refractivity contribution in [2.24, 2.45) is 5.92 Å². The lowest BCUT2D eigenvalue weighted by Crippen LogP contribution is -2.15. The molecule has 1 heterocycles. The summed E-state index contributed by atoms with van der Waals surface area (Å²) >= 11 is 0. The lowest BCUT2D eigenvalue weighted by atomic mass is 10.1. The van der Waals surface area contributed by atoms with Crippen LogP contribution < -0.4 is 5.73 Å². The summed E-state index contributed by atoms with van der Waals surface area (Å²) in [4.78, 5) is 0. The van der Waals surface area contributed by atoms with E-state index in [9.17, 15) is 0 Å². The minimum absolute atomic E-state index is 0.536. The van der Waals surface area contributed by atoms with Crippen LogP contribution in [0, 0.1) is 12.8 Å². The molecule has 13 heavy (non-hydrogen) atoms. The average molecular weight is 179 g/mol. The molecule has 72 valence electrons. The topological polar surface area (TPSA) is 43.8 Å². The van der Waals surface area contributed by atoms with Crippen molar-refractivity contribution in [3.05, 3.63) is 11.8 Å². The van der Waals surface area contributed by atoms with E-state index in [0.717, 1.165) is 17.4 Å². The molecule has 1 aliphatic carbocycles. The molecule has 1 fully saturated rings. The number of aromatic nitrogens is 2. The Balaban J connectivity index is 2.28. The summed E-state index contributed by atoms with van der Waals surface area (Å²) in [6.07, 6.45) is 3.85. The van der Waals surface area contributed by atoms with Gasteiger partial charge in [-0.3, -0.25) is 0 Å². The number of nitrogens with zero attached hydrogens (tertiary/aromatic N) is 2. The highest BCUT2D eigenvalue weighted by Gasteiger charge is 2.26. The fourth-order valence-electron chi connectivity index (χ4n) is 2.29. The van der Waals surface area contributed by atoms with E-state index in [2.05, 4.69) is 12.0 Å². The average Bonchev–Trinajstić information content (AvgIpc) is 2.58. The van der Waals surface area contributed by atoms with Gasteiger partial charge in [0.2, 0.25) is 0 Å². The maximum absolute atomic E-state index is 5.88. The normalized spacial score (nSPS) is 28.2. The minimum atomic E-state index is 0.536. The van der Waals surface area contributed by atoms with Gasteiger partial charge in [0.1, 0.15) is 5.82 Å². The molecule has 0 radical (unpaired) electrons. The molecular weight excluding hydrogens is 162 g/mol. The molecule has 2 unspecified atom stereocenters. The van der Waals surface area contributed by atoms with Gasteiger partial charge in [-0.1, -0.05) is 13.3 Å². The summed E-state index contributed by atoms with van der Waals surface area (Å²) < 4.78 is 2.01. The summed E-state index contributed by atoms with van der Waals surface area (Å²) in [6.45, 7) is 4.28. The Morgan fingerprint density at radius 3 is 2.77 bits per heavy atom. The molecule has 3 nitrogen and oxygen atoms in total. The molecule has 1 aliphatic rings. The molecule has 0 aliphatic heterocycles. The molecule has 2 N–H and O–H groups in total. The zero-order valence-electron chi connectivity index (χ0n) is 8.33. The van der Waals surface area contributed by atoms with Crippen LogP contribution in [0.3, 0.4) is 0 Å². The maximum Gasteiger partial charge on any atom is 0.122 e. The molecule has 1 saturated carbocycles. The summed E-state index contributed by atoms with van der Waals surface area (Å²) in [5.41, 5.74) is 6.91. The van der Waals surface area contributed by atoms with E-state index in [0.29, 0.717) is 6.04 Å². The van der Waals surface area contributed by atoms with Crippen LogP contribution >= 0.6 is 0 Å². The number of aryl methyl sites for hydroxylation is 1. The van der Waals surface area contributed by atoms with Gasteiger partial charge in [0, 0.05) is 6.07 Å². The van der Waals surface area contributed by atoms with Gasteiger partial charge in [0.15, 0.2) is 0 Å². The van der Waals surface area contributed by atoms with Crippen LogP contribution in [0.5, 0.6) is 0 Å². The molecular formula is C10H17N3. The number of nitrogens with two attached hydrogens (primary N) is 1. The molecule has 0 aromatic carbocycles. The third-order valence-corrected chi connectivity index (χ3v) is 3.02. The first-order chi connectivity index (χ1) is 6.18. The van der Waals surface area contributed by atoms with Crippen molar-refractivity contribution in [2.75, 3.05) is 5.73 Å². The van der Waals surface area contributed by atoms with E-state index in [4.69, 9.17) is 5.73 Å². The third kappa shape index (κ3) is 1.43. The van der Waals surface area contributed by atoms with Crippen LogP contribution in [0.1, 0.15) is 37.9 Å². The van der Waals surface area contributed by atoms with Crippen molar-refractivity contribution in [1.82, 2.24) is 9.78 Å². The highest BCUT2D eigenvalue weighted by atomic mass is 15.3. The van der Waals surface area contributed by atoms with Gasteiger partial charge in [-0.25, -0.2) is 4.68 Å². The van der Waals surface area contributed by atoms with E-state index < -0.39 is 0 Å². The third-order valence-electron chi connectivity index (χ3n) is 3.02. The van der Waals surface area contributed by atoms with Crippen LogP contribution in [0.15, 0.2) is 6.07 Å². The van der Waals surface area contributed by atoms with Crippen LogP contribution in [0.2, 0.25) is 0 Å². The predicted octanol–water partition coefficient (Wildman–Crippen LogP) is 2.13. The SMILES string of the molecule is Cc1cc(N)n(C2CCCC2C)n1. The number of hydrogen-bond donors (Lipinski definition) is 1. The molecule has 1 aromatic heterocycles. The van der Waals surface area contributed by atoms with Gasteiger partial charge in [0.25, 0.3) is 0 Å². The van der Waals surface area contributed by atoms with E-state index >= 15 is 0 Å². The van der Waals surface area contributed by atoms with Crippen LogP contribution in [0.25, 0.3) is 0 Å². The Kier molecular flexibility index (Phi) is 2.02. The minimum Gasteiger partial charge on any atom is -0.384 e. The number of hydrogen-bond acceptors (Lipinski definition) is 2. The molecule has 2 rings (SSSR count). The highest BCUT2D eigenvalue weighted by Crippen LogP contribution is 2.36. The lowest BCUT2D eigenvalue weighted by molar-refractivity contribution is 0.378. The Morgan fingerprint density at radius 1 is 1.54 bits per heavy atom. The molecule has 0 bridgehead atoms. The first kappa shape index (κ1) is 8.60. The fraction of sp³-hybridized carbons (Fsp3) is 0.700. The monoisotopic (exact) mass is 179 g/mol. The standard InChI is InChI=1S/C10H17N3/c1-7-4-3-5-9(7)13-10(11)6-8(2)12-13/h6-7,9H,3-5,11H2,1-2H3. The summed E-state index contributed by atoms with van der Waals surface area (Å²) in [6, 6.07) is 2.49. The summed E-state index contributed by atoms with van der Waals surface area (Å²) in [5, 5.41) is 4.43. The predicted molar refractivity (Wildman–Crippen MR) is 53.4 cm³/mol. The first-order valence-electron chi connectivity index (χ1n) is 5.00. The Labute approximate surface area is 78.9 Å². The van der Waals surface area contributed by atoms with E-state index in [1.165, 1.54) is 19.3 Å². The number of anilines is 1. The maximum atomic E-state index is 5.88. The first-order valence-corrected chi connectivity index (χ1v) is 5.00. The fourth-order valence-corrected chi connectivity index (χ4v) is 2.29. The summed E-state index contributed by atoms with van der Waals surface area (Å²) in [7, 11) is 0. The smallest absolute Gasteiger partial charge is 0.122 e.